The second-order valence-corrected chi connectivity index (χ2v) is 3.47. The van der Waals surface area contributed by atoms with Crippen molar-refractivity contribution < 1.29 is 9.47 Å². The van der Waals surface area contributed by atoms with Gasteiger partial charge in [0.2, 0.25) is 0 Å². The zero-order valence-corrected chi connectivity index (χ0v) is 10.1. The molecule has 1 rings (SSSR count). The molecule has 0 aliphatic carbocycles. The average molecular weight is 231 g/mol. The Labute approximate surface area is 102 Å². The van der Waals surface area contributed by atoms with E-state index in [9.17, 15) is 0 Å². The average Bonchev–Trinajstić information content (AvgIpc) is 2.36. The summed E-state index contributed by atoms with van der Waals surface area (Å²) in [4.78, 5) is 0. The Bertz CT molecular complexity index is 376. The molecule has 0 atom stereocenters. The molecule has 0 saturated carbocycles. The minimum absolute atomic E-state index is 0.437. The Hall–Kier alpha value is -1.79. The third kappa shape index (κ3) is 5.74. The van der Waals surface area contributed by atoms with E-state index in [1.165, 1.54) is 0 Å². The first-order valence-corrected chi connectivity index (χ1v) is 5.64. The van der Waals surface area contributed by atoms with Crippen molar-refractivity contribution in [1.29, 1.82) is 5.26 Å². The molecule has 0 unspecified atom stereocenters. The highest BCUT2D eigenvalue weighted by Crippen LogP contribution is 2.12. The standard InChI is InChI=1S/C14H17NO2/c1-2-3-10-16-11-12-17-14-6-4-13(5-7-14)8-9-15/h2-7H,8,10-12H2,1H3. The van der Waals surface area contributed by atoms with E-state index in [4.69, 9.17) is 14.7 Å². The van der Waals surface area contributed by atoms with Crippen LogP contribution in [0.5, 0.6) is 5.75 Å². The summed E-state index contributed by atoms with van der Waals surface area (Å²) in [6.45, 7) is 3.70. The van der Waals surface area contributed by atoms with Gasteiger partial charge in [0.1, 0.15) is 12.4 Å². The van der Waals surface area contributed by atoms with Crippen molar-refractivity contribution in [3.8, 4) is 11.8 Å². The smallest absolute Gasteiger partial charge is 0.119 e. The Balaban J connectivity index is 2.21. The second-order valence-electron chi connectivity index (χ2n) is 3.47. The molecule has 0 aromatic heterocycles. The van der Waals surface area contributed by atoms with Crippen LogP contribution in [0.3, 0.4) is 0 Å². The fraction of sp³-hybridized carbons (Fsp3) is 0.357. The third-order valence-electron chi connectivity index (χ3n) is 2.15. The molecule has 0 saturated heterocycles. The Morgan fingerprint density at radius 3 is 2.65 bits per heavy atom. The molecule has 0 aliphatic rings. The van der Waals surface area contributed by atoms with Crippen molar-refractivity contribution in [1.82, 2.24) is 0 Å². The highest BCUT2D eigenvalue weighted by Gasteiger charge is 1.95. The van der Waals surface area contributed by atoms with E-state index in [1.807, 2.05) is 43.3 Å². The first-order valence-electron chi connectivity index (χ1n) is 5.64. The van der Waals surface area contributed by atoms with E-state index in [1.54, 1.807) is 0 Å². The number of nitriles is 1. The first-order chi connectivity index (χ1) is 8.36. The number of hydrogen-bond acceptors (Lipinski definition) is 3. The summed E-state index contributed by atoms with van der Waals surface area (Å²) in [5, 5.41) is 8.53. The van der Waals surface area contributed by atoms with E-state index in [0.29, 0.717) is 26.2 Å². The van der Waals surface area contributed by atoms with Crippen molar-refractivity contribution in [3.63, 3.8) is 0 Å². The van der Waals surface area contributed by atoms with E-state index in [-0.39, 0.29) is 0 Å². The van der Waals surface area contributed by atoms with Crippen LogP contribution in [-0.4, -0.2) is 19.8 Å². The summed E-state index contributed by atoms with van der Waals surface area (Å²) in [5.41, 5.74) is 1.00. The molecule has 0 spiro atoms. The number of allylic oxidation sites excluding steroid dienone is 1. The molecule has 0 aliphatic heterocycles. The van der Waals surface area contributed by atoms with Gasteiger partial charge in [0, 0.05) is 0 Å². The van der Waals surface area contributed by atoms with Crippen LogP contribution in [0.4, 0.5) is 0 Å². The van der Waals surface area contributed by atoms with Gasteiger partial charge >= 0.3 is 0 Å². The van der Waals surface area contributed by atoms with Crippen LogP contribution in [-0.2, 0) is 11.2 Å². The lowest BCUT2D eigenvalue weighted by atomic mass is 10.2. The van der Waals surface area contributed by atoms with E-state index in [2.05, 4.69) is 6.07 Å². The van der Waals surface area contributed by atoms with Crippen molar-refractivity contribution in [3.05, 3.63) is 42.0 Å². The molecule has 0 N–H and O–H groups in total. The molecule has 90 valence electrons. The van der Waals surface area contributed by atoms with Gasteiger partial charge in [-0.2, -0.15) is 5.26 Å². The molecule has 0 amide bonds. The molecular formula is C14H17NO2. The van der Waals surface area contributed by atoms with Gasteiger partial charge in [0.25, 0.3) is 0 Å². The van der Waals surface area contributed by atoms with Gasteiger partial charge in [0.05, 0.1) is 25.7 Å². The molecule has 3 nitrogen and oxygen atoms in total. The van der Waals surface area contributed by atoms with Crippen LogP contribution in [0.1, 0.15) is 12.5 Å². The number of nitrogens with zero attached hydrogens (tertiary/aromatic N) is 1. The highest BCUT2D eigenvalue weighted by molar-refractivity contribution is 5.28. The van der Waals surface area contributed by atoms with Crippen LogP contribution in [0.25, 0.3) is 0 Å². The number of hydrogen-bond donors (Lipinski definition) is 0. The maximum absolute atomic E-state index is 8.53. The first kappa shape index (κ1) is 13.3. The molecule has 1 aromatic rings. The lowest BCUT2D eigenvalue weighted by Crippen LogP contribution is -2.06. The van der Waals surface area contributed by atoms with Gasteiger partial charge in [-0.15, -0.1) is 0 Å². The van der Waals surface area contributed by atoms with Crippen molar-refractivity contribution in [2.75, 3.05) is 19.8 Å². The van der Waals surface area contributed by atoms with Crippen LogP contribution in [0, 0.1) is 11.3 Å². The fourth-order valence-corrected chi connectivity index (χ4v) is 1.26. The van der Waals surface area contributed by atoms with Gasteiger partial charge in [-0.05, 0) is 24.6 Å². The molecule has 3 heteroatoms. The third-order valence-corrected chi connectivity index (χ3v) is 2.15. The van der Waals surface area contributed by atoms with E-state index < -0.39 is 0 Å². The highest BCUT2D eigenvalue weighted by atomic mass is 16.5. The normalized spacial score (nSPS) is 10.4. The van der Waals surface area contributed by atoms with Gasteiger partial charge in [0.15, 0.2) is 0 Å². The summed E-state index contributed by atoms with van der Waals surface area (Å²) in [6.07, 6.45) is 4.35. The molecule has 17 heavy (non-hydrogen) atoms. The molecule has 1 aromatic carbocycles. The monoisotopic (exact) mass is 231 g/mol. The van der Waals surface area contributed by atoms with Crippen LogP contribution >= 0.6 is 0 Å². The minimum atomic E-state index is 0.437. The van der Waals surface area contributed by atoms with Crippen LogP contribution in [0.2, 0.25) is 0 Å². The maximum Gasteiger partial charge on any atom is 0.119 e. The SMILES string of the molecule is CC=CCOCCOc1ccc(CC#N)cc1. The lowest BCUT2D eigenvalue weighted by molar-refractivity contribution is 0.121. The zero-order valence-electron chi connectivity index (χ0n) is 10.1. The Morgan fingerprint density at radius 1 is 1.24 bits per heavy atom. The van der Waals surface area contributed by atoms with Crippen LogP contribution < -0.4 is 4.74 Å². The molecule has 0 radical (unpaired) electrons. The predicted molar refractivity (Wildman–Crippen MR) is 66.9 cm³/mol. The van der Waals surface area contributed by atoms with Gasteiger partial charge < -0.3 is 9.47 Å². The summed E-state index contributed by atoms with van der Waals surface area (Å²) in [6, 6.07) is 9.66. The summed E-state index contributed by atoms with van der Waals surface area (Å²) >= 11 is 0. The Kier molecular flexibility index (Phi) is 6.54. The van der Waals surface area contributed by atoms with Gasteiger partial charge in [-0.3, -0.25) is 0 Å². The van der Waals surface area contributed by atoms with E-state index >= 15 is 0 Å². The quantitative estimate of drug-likeness (QED) is 0.535. The maximum atomic E-state index is 8.53. The predicted octanol–water partition coefficient (Wildman–Crippen LogP) is 2.72. The fourth-order valence-electron chi connectivity index (χ4n) is 1.26. The summed E-state index contributed by atoms with van der Waals surface area (Å²) < 4.78 is 10.8. The second kappa shape index (κ2) is 8.37. The minimum Gasteiger partial charge on any atom is -0.491 e. The number of benzene rings is 1. The summed E-state index contributed by atoms with van der Waals surface area (Å²) in [7, 11) is 0. The lowest BCUT2D eigenvalue weighted by Gasteiger charge is -2.06. The van der Waals surface area contributed by atoms with Gasteiger partial charge in [-0.25, -0.2) is 0 Å². The Morgan fingerprint density at radius 2 is 2.00 bits per heavy atom. The van der Waals surface area contributed by atoms with Gasteiger partial charge in [-0.1, -0.05) is 24.3 Å². The zero-order chi connectivity index (χ0) is 12.3. The number of rotatable bonds is 7. The largest absolute Gasteiger partial charge is 0.491 e. The van der Waals surface area contributed by atoms with Crippen molar-refractivity contribution >= 4 is 0 Å². The molecule has 0 fully saturated rings. The topological polar surface area (TPSA) is 42.2 Å². The number of ether oxygens (including phenoxy) is 2. The van der Waals surface area contributed by atoms with E-state index in [0.717, 1.165) is 11.3 Å². The van der Waals surface area contributed by atoms with Crippen molar-refractivity contribution in [2.24, 2.45) is 0 Å². The molecular weight excluding hydrogens is 214 g/mol. The van der Waals surface area contributed by atoms with Crippen LogP contribution in [0.15, 0.2) is 36.4 Å². The van der Waals surface area contributed by atoms with Crippen molar-refractivity contribution in [2.45, 2.75) is 13.3 Å². The molecule has 0 bridgehead atoms. The molecule has 0 heterocycles. The summed E-state index contributed by atoms with van der Waals surface area (Å²) in [5.74, 6) is 0.807.